The average molecular weight is 458 g/mol. The Hall–Kier alpha value is -2.95. The van der Waals surface area contributed by atoms with E-state index in [1.54, 1.807) is 24.3 Å². The summed E-state index contributed by atoms with van der Waals surface area (Å²) in [5.41, 5.74) is -1.27. The maximum absolute atomic E-state index is 13.0. The standard InChI is InChI=1S/C20H21F3N2O5S/c1-13(19(26)24-11-16-12-29-17-8-3-4-9-18(17)30-16)25(31(2,27)28)15-7-5-6-14(10-15)20(21,22)23/h3-10,13,16H,11-12H2,1-2H3,(H,24,26)/t13-,16-/m1/s1. The van der Waals surface area contributed by atoms with Crippen LogP contribution in [0, 0.1) is 0 Å². The van der Waals surface area contributed by atoms with Crippen LogP contribution in [0.2, 0.25) is 0 Å². The number of carbonyl (C=O) groups excluding carboxylic acids is 1. The van der Waals surface area contributed by atoms with Crippen molar-refractivity contribution in [1.29, 1.82) is 0 Å². The highest BCUT2D eigenvalue weighted by Crippen LogP contribution is 2.33. The largest absolute Gasteiger partial charge is 0.486 e. The number of hydrogen-bond acceptors (Lipinski definition) is 5. The van der Waals surface area contributed by atoms with Gasteiger partial charge in [-0.2, -0.15) is 13.2 Å². The van der Waals surface area contributed by atoms with E-state index in [-0.39, 0.29) is 18.8 Å². The van der Waals surface area contributed by atoms with E-state index in [1.165, 1.54) is 13.0 Å². The fourth-order valence-corrected chi connectivity index (χ4v) is 4.32. The molecule has 3 rings (SSSR count). The van der Waals surface area contributed by atoms with E-state index in [0.717, 1.165) is 18.4 Å². The second kappa shape index (κ2) is 8.66. The minimum atomic E-state index is -4.65. The van der Waals surface area contributed by atoms with Gasteiger partial charge in [0.2, 0.25) is 15.9 Å². The molecule has 2 atom stereocenters. The number of para-hydroxylation sites is 2. The molecule has 0 aliphatic carbocycles. The number of rotatable bonds is 6. The lowest BCUT2D eigenvalue weighted by atomic mass is 10.1. The molecule has 0 radical (unpaired) electrons. The van der Waals surface area contributed by atoms with Crippen molar-refractivity contribution in [3.8, 4) is 11.5 Å². The Labute approximate surface area is 177 Å². The molecule has 11 heteroatoms. The average Bonchev–Trinajstić information content (AvgIpc) is 2.70. The summed E-state index contributed by atoms with van der Waals surface area (Å²) in [4.78, 5) is 12.6. The van der Waals surface area contributed by atoms with E-state index in [4.69, 9.17) is 9.47 Å². The van der Waals surface area contributed by atoms with Crippen LogP contribution in [-0.4, -0.2) is 45.9 Å². The van der Waals surface area contributed by atoms with Crippen molar-refractivity contribution in [3.05, 3.63) is 54.1 Å². The van der Waals surface area contributed by atoms with E-state index in [0.29, 0.717) is 21.9 Å². The Bertz CT molecular complexity index is 1060. The molecule has 2 aromatic carbocycles. The van der Waals surface area contributed by atoms with Crippen LogP contribution < -0.4 is 19.1 Å². The van der Waals surface area contributed by atoms with Crippen molar-refractivity contribution in [2.45, 2.75) is 25.2 Å². The Balaban J connectivity index is 1.72. The first-order chi connectivity index (χ1) is 14.5. The normalized spacial score (nSPS) is 17.0. The monoisotopic (exact) mass is 458 g/mol. The number of nitrogens with one attached hydrogen (secondary N) is 1. The Morgan fingerprint density at radius 3 is 2.52 bits per heavy atom. The van der Waals surface area contributed by atoms with Gasteiger partial charge >= 0.3 is 6.18 Å². The number of anilines is 1. The molecule has 0 aromatic heterocycles. The number of fused-ring (bicyclic) bond motifs is 1. The maximum atomic E-state index is 13.0. The van der Waals surface area contributed by atoms with Gasteiger partial charge in [-0.3, -0.25) is 9.10 Å². The summed E-state index contributed by atoms with van der Waals surface area (Å²) in [6.07, 6.45) is -4.34. The summed E-state index contributed by atoms with van der Waals surface area (Å²) in [5, 5.41) is 2.58. The van der Waals surface area contributed by atoms with Crippen molar-refractivity contribution >= 4 is 21.6 Å². The van der Waals surface area contributed by atoms with Crippen LogP contribution in [0.15, 0.2) is 48.5 Å². The lowest BCUT2D eigenvalue weighted by molar-refractivity contribution is -0.137. The Kier molecular flexibility index (Phi) is 6.35. The van der Waals surface area contributed by atoms with Crippen molar-refractivity contribution < 1.29 is 35.9 Å². The van der Waals surface area contributed by atoms with Gasteiger partial charge < -0.3 is 14.8 Å². The fraction of sp³-hybridized carbons (Fsp3) is 0.350. The maximum Gasteiger partial charge on any atom is 0.416 e. The molecule has 2 aromatic rings. The zero-order chi connectivity index (χ0) is 22.8. The smallest absolute Gasteiger partial charge is 0.416 e. The number of ether oxygens (including phenoxy) is 2. The lowest BCUT2D eigenvalue weighted by Crippen LogP contribution is -2.50. The molecule has 31 heavy (non-hydrogen) atoms. The van der Waals surface area contributed by atoms with Gasteiger partial charge in [-0.05, 0) is 37.3 Å². The highest BCUT2D eigenvalue weighted by atomic mass is 32.2. The van der Waals surface area contributed by atoms with Gasteiger partial charge in [-0.1, -0.05) is 18.2 Å². The van der Waals surface area contributed by atoms with E-state index in [2.05, 4.69) is 5.32 Å². The third-order valence-corrected chi connectivity index (χ3v) is 5.83. The number of sulfonamides is 1. The molecule has 0 unspecified atom stereocenters. The molecule has 1 heterocycles. The molecular weight excluding hydrogens is 437 g/mol. The van der Waals surface area contributed by atoms with Crippen LogP contribution in [0.5, 0.6) is 11.5 Å². The zero-order valence-electron chi connectivity index (χ0n) is 16.7. The van der Waals surface area contributed by atoms with Crippen molar-refractivity contribution in [2.24, 2.45) is 0 Å². The summed E-state index contributed by atoms with van der Waals surface area (Å²) < 4.78 is 75.7. The van der Waals surface area contributed by atoms with E-state index in [9.17, 15) is 26.4 Å². The first-order valence-electron chi connectivity index (χ1n) is 9.29. The molecule has 0 saturated carbocycles. The van der Waals surface area contributed by atoms with Crippen LogP contribution >= 0.6 is 0 Å². The first kappa shape index (κ1) is 22.7. The number of alkyl halides is 3. The third-order valence-electron chi connectivity index (χ3n) is 4.59. The SMILES string of the molecule is C[C@H](C(=O)NC[C@@H]1COc2ccccc2O1)N(c1cccc(C(F)(F)F)c1)S(C)(=O)=O. The second-order valence-corrected chi connectivity index (χ2v) is 8.89. The van der Waals surface area contributed by atoms with Gasteiger partial charge in [0.1, 0.15) is 18.8 Å². The minimum Gasteiger partial charge on any atom is -0.486 e. The van der Waals surface area contributed by atoms with Crippen LogP contribution in [0.25, 0.3) is 0 Å². The van der Waals surface area contributed by atoms with Gasteiger partial charge in [0.25, 0.3) is 0 Å². The third kappa shape index (κ3) is 5.40. The molecule has 0 fully saturated rings. The number of carbonyl (C=O) groups is 1. The lowest BCUT2D eigenvalue weighted by Gasteiger charge is -2.30. The summed E-state index contributed by atoms with van der Waals surface area (Å²) in [5.74, 6) is 0.402. The quantitative estimate of drug-likeness (QED) is 0.720. The molecule has 1 aliphatic rings. The van der Waals surface area contributed by atoms with E-state index in [1.807, 2.05) is 0 Å². The molecule has 0 bridgehead atoms. The van der Waals surface area contributed by atoms with Gasteiger partial charge in [0.15, 0.2) is 11.5 Å². The van der Waals surface area contributed by atoms with E-state index >= 15 is 0 Å². The molecule has 0 saturated heterocycles. The van der Waals surface area contributed by atoms with Gasteiger partial charge in [-0.15, -0.1) is 0 Å². The number of nitrogens with zero attached hydrogens (tertiary/aromatic N) is 1. The van der Waals surface area contributed by atoms with Gasteiger partial charge in [0, 0.05) is 0 Å². The molecule has 1 aliphatic heterocycles. The molecule has 1 N–H and O–H groups in total. The number of amides is 1. The molecule has 7 nitrogen and oxygen atoms in total. The Morgan fingerprint density at radius 1 is 1.19 bits per heavy atom. The predicted molar refractivity (Wildman–Crippen MR) is 108 cm³/mol. The number of hydrogen-bond donors (Lipinski definition) is 1. The van der Waals surface area contributed by atoms with Crippen LogP contribution in [0.1, 0.15) is 12.5 Å². The van der Waals surface area contributed by atoms with Crippen molar-refractivity contribution in [1.82, 2.24) is 5.32 Å². The van der Waals surface area contributed by atoms with E-state index < -0.39 is 39.8 Å². The summed E-state index contributed by atoms with van der Waals surface area (Å²) >= 11 is 0. The molecule has 168 valence electrons. The van der Waals surface area contributed by atoms with Crippen LogP contribution in [0.3, 0.4) is 0 Å². The molecular formula is C20H21F3N2O5S. The Morgan fingerprint density at radius 2 is 1.87 bits per heavy atom. The van der Waals surface area contributed by atoms with Crippen LogP contribution in [-0.2, 0) is 21.0 Å². The summed E-state index contributed by atoms with van der Waals surface area (Å²) in [6, 6.07) is 9.53. The van der Waals surface area contributed by atoms with Crippen molar-refractivity contribution in [2.75, 3.05) is 23.7 Å². The fourth-order valence-electron chi connectivity index (χ4n) is 3.15. The van der Waals surface area contributed by atoms with Gasteiger partial charge in [0.05, 0.1) is 24.1 Å². The molecule has 1 amide bonds. The highest BCUT2D eigenvalue weighted by Gasteiger charge is 2.34. The van der Waals surface area contributed by atoms with Crippen molar-refractivity contribution in [3.63, 3.8) is 0 Å². The predicted octanol–water partition coefficient (Wildman–Crippen LogP) is 2.82. The molecule has 0 spiro atoms. The number of benzene rings is 2. The van der Waals surface area contributed by atoms with Gasteiger partial charge in [-0.25, -0.2) is 8.42 Å². The van der Waals surface area contributed by atoms with Crippen LogP contribution in [0.4, 0.5) is 18.9 Å². The summed E-state index contributed by atoms with van der Waals surface area (Å²) in [6.45, 7) is 1.50. The topological polar surface area (TPSA) is 84.9 Å². The zero-order valence-corrected chi connectivity index (χ0v) is 17.5. The minimum absolute atomic E-state index is 0.0255. The summed E-state index contributed by atoms with van der Waals surface area (Å²) in [7, 11) is -4.06. The first-order valence-corrected chi connectivity index (χ1v) is 11.1. The second-order valence-electron chi connectivity index (χ2n) is 7.03. The number of halogens is 3. The highest BCUT2D eigenvalue weighted by molar-refractivity contribution is 7.92.